The van der Waals surface area contributed by atoms with Crippen molar-refractivity contribution in [3.8, 4) is 11.6 Å². The van der Waals surface area contributed by atoms with Gasteiger partial charge in [0.25, 0.3) is 0 Å². The molecule has 0 atom stereocenters. The van der Waals surface area contributed by atoms with E-state index in [0.29, 0.717) is 11.6 Å². The van der Waals surface area contributed by atoms with E-state index in [9.17, 15) is 0 Å². The molecule has 0 unspecified atom stereocenters. The summed E-state index contributed by atoms with van der Waals surface area (Å²) < 4.78 is 6.76. The lowest BCUT2D eigenvalue weighted by atomic mass is 10.1. The van der Waals surface area contributed by atoms with Crippen molar-refractivity contribution in [3.63, 3.8) is 0 Å². The van der Waals surface area contributed by atoms with Gasteiger partial charge < -0.3 is 10.5 Å². The number of hydrogen-bond donors (Lipinski definition) is 1. The monoisotopic (exact) mass is 328 g/mol. The van der Waals surface area contributed by atoms with Crippen LogP contribution in [0.3, 0.4) is 0 Å². The molecule has 4 heteroatoms. The molecule has 2 N–H and O–H groups in total. The van der Waals surface area contributed by atoms with E-state index >= 15 is 0 Å². The third-order valence-electron chi connectivity index (χ3n) is 3.14. The van der Waals surface area contributed by atoms with Gasteiger partial charge in [-0.2, -0.15) is 0 Å². The van der Waals surface area contributed by atoms with Crippen molar-refractivity contribution >= 4 is 32.4 Å². The Bertz CT molecular complexity index is 787. The van der Waals surface area contributed by atoms with Gasteiger partial charge in [0, 0.05) is 6.07 Å². The maximum atomic E-state index is 5.84. The number of nitrogens with two attached hydrogens (primary N) is 1. The van der Waals surface area contributed by atoms with Crippen molar-refractivity contribution in [2.75, 3.05) is 5.73 Å². The Balaban J connectivity index is 2.02. The van der Waals surface area contributed by atoms with Crippen LogP contribution in [0.5, 0.6) is 11.6 Å². The average Bonchev–Trinajstić information content (AvgIpc) is 2.46. The Labute approximate surface area is 125 Å². The zero-order chi connectivity index (χ0) is 14.1. The second kappa shape index (κ2) is 5.13. The first-order chi connectivity index (χ1) is 9.65. The van der Waals surface area contributed by atoms with Gasteiger partial charge in [-0.15, -0.1) is 0 Å². The molecule has 0 radical (unpaired) electrons. The number of halogens is 1. The molecule has 0 fully saturated rings. The van der Waals surface area contributed by atoms with Gasteiger partial charge in [0.1, 0.15) is 5.75 Å². The van der Waals surface area contributed by atoms with Gasteiger partial charge in [0.15, 0.2) is 0 Å². The topological polar surface area (TPSA) is 48.1 Å². The Hall–Kier alpha value is -2.07. The number of nitrogens with zero attached hydrogens (tertiary/aromatic N) is 1. The van der Waals surface area contributed by atoms with E-state index in [4.69, 9.17) is 10.5 Å². The van der Waals surface area contributed by atoms with Crippen molar-refractivity contribution in [3.05, 3.63) is 58.7 Å². The molecule has 2 aromatic carbocycles. The van der Waals surface area contributed by atoms with Gasteiger partial charge in [-0.05, 0) is 45.8 Å². The van der Waals surface area contributed by atoms with Gasteiger partial charge in [0.2, 0.25) is 5.88 Å². The van der Waals surface area contributed by atoms with Crippen molar-refractivity contribution in [1.82, 2.24) is 4.98 Å². The van der Waals surface area contributed by atoms with Gasteiger partial charge >= 0.3 is 0 Å². The quantitative estimate of drug-likeness (QED) is 0.742. The number of pyridine rings is 1. The number of rotatable bonds is 2. The molecule has 0 saturated heterocycles. The van der Waals surface area contributed by atoms with E-state index in [2.05, 4.69) is 27.0 Å². The molecule has 0 bridgehead atoms. The maximum absolute atomic E-state index is 5.84. The van der Waals surface area contributed by atoms with E-state index in [0.717, 1.165) is 26.7 Å². The van der Waals surface area contributed by atoms with Crippen LogP contribution in [0.2, 0.25) is 0 Å². The van der Waals surface area contributed by atoms with E-state index in [1.165, 1.54) is 0 Å². The molecule has 0 spiro atoms. The van der Waals surface area contributed by atoms with Crippen LogP contribution in [-0.4, -0.2) is 4.98 Å². The van der Waals surface area contributed by atoms with Crippen molar-refractivity contribution in [2.24, 2.45) is 0 Å². The van der Waals surface area contributed by atoms with Crippen LogP contribution in [-0.2, 0) is 0 Å². The zero-order valence-corrected chi connectivity index (χ0v) is 12.5. The van der Waals surface area contributed by atoms with Gasteiger partial charge in [-0.3, -0.25) is 0 Å². The van der Waals surface area contributed by atoms with Crippen LogP contribution in [0.25, 0.3) is 10.8 Å². The summed E-state index contributed by atoms with van der Waals surface area (Å²) in [7, 11) is 0. The molecule has 0 saturated carbocycles. The maximum Gasteiger partial charge on any atom is 0.219 e. The molecular formula is C16H13BrN2O. The number of aromatic nitrogens is 1. The van der Waals surface area contributed by atoms with Crippen LogP contribution in [0.1, 0.15) is 5.69 Å². The van der Waals surface area contributed by atoms with Gasteiger partial charge in [-0.1, -0.05) is 30.3 Å². The van der Waals surface area contributed by atoms with Gasteiger partial charge in [-0.25, -0.2) is 4.98 Å². The zero-order valence-electron chi connectivity index (χ0n) is 10.9. The summed E-state index contributed by atoms with van der Waals surface area (Å²) in [5.41, 5.74) is 7.18. The highest BCUT2D eigenvalue weighted by molar-refractivity contribution is 9.10. The van der Waals surface area contributed by atoms with E-state index < -0.39 is 0 Å². The average molecular weight is 329 g/mol. The standard InChI is InChI=1S/C16H13BrN2O/c1-10-13(18)7-9-15(19-10)20-14-8-6-11-4-2-3-5-12(11)16(14)17/h2-9H,18H2,1H3. The minimum atomic E-state index is 0.535. The highest BCUT2D eigenvalue weighted by Gasteiger charge is 2.08. The summed E-state index contributed by atoms with van der Waals surface area (Å²) in [6.45, 7) is 1.86. The molecular weight excluding hydrogens is 316 g/mol. The molecule has 0 amide bonds. The van der Waals surface area contributed by atoms with E-state index in [1.807, 2.05) is 37.3 Å². The van der Waals surface area contributed by atoms with Crippen molar-refractivity contribution < 1.29 is 4.74 Å². The lowest BCUT2D eigenvalue weighted by Crippen LogP contribution is -1.95. The normalized spacial score (nSPS) is 10.7. The smallest absolute Gasteiger partial charge is 0.219 e. The molecule has 1 aromatic heterocycles. The van der Waals surface area contributed by atoms with Crippen molar-refractivity contribution in [2.45, 2.75) is 6.92 Å². The fourth-order valence-electron chi connectivity index (χ4n) is 2.01. The fourth-order valence-corrected chi connectivity index (χ4v) is 2.58. The van der Waals surface area contributed by atoms with E-state index in [1.54, 1.807) is 12.1 Å². The molecule has 3 aromatic rings. The number of ether oxygens (including phenoxy) is 1. The SMILES string of the molecule is Cc1nc(Oc2ccc3ccccc3c2Br)ccc1N. The first-order valence-electron chi connectivity index (χ1n) is 6.23. The second-order valence-corrected chi connectivity index (χ2v) is 5.32. The highest BCUT2D eigenvalue weighted by atomic mass is 79.9. The van der Waals surface area contributed by atoms with Crippen LogP contribution < -0.4 is 10.5 Å². The molecule has 3 nitrogen and oxygen atoms in total. The summed E-state index contributed by atoms with van der Waals surface area (Å²) in [5, 5.41) is 2.27. The molecule has 20 heavy (non-hydrogen) atoms. The minimum absolute atomic E-state index is 0.535. The number of fused-ring (bicyclic) bond motifs is 1. The molecule has 100 valence electrons. The molecule has 1 heterocycles. The van der Waals surface area contributed by atoms with Crippen LogP contribution >= 0.6 is 15.9 Å². The number of benzene rings is 2. The second-order valence-electron chi connectivity index (χ2n) is 4.53. The number of anilines is 1. The third-order valence-corrected chi connectivity index (χ3v) is 3.96. The summed E-state index contributed by atoms with van der Waals surface area (Å²) >= 11 is 3.59. The van der Waals surface area contributed by atoms with Crippen molar-refractivity contribution in [1.29, 1.82) is 0 Å². The van der Waals surface area contributed by atoms with Crippen LogP contribution in [0.4, 0.5) is 5.69 Å². The lowest BCUT2D eigenvalue weighted by Gasteiger charge is -2.10. The highest BCUT2D eigenvalue weighted by Crippen LogP contribution is 2.35. The third kappa shape index (κ3) is 2.34. The molecule has 3 rings (SSSR count). The summed E-state index contributed by atoms with van der Waals surface area (Å²) in [6, 6.07) is 15.7. The first kappa shape index (κ1) is 12.9. The fraction of sp³-hybridized carbons (Fsp3) is 0.0625. The first-order valence-corrected chi connectivity index (χ1v) is 7.02. The number of hydrogen-bond acceptors (Lipinski definition) is 3. The van der Waals surface area contributed by atoms with Gasteiger partial charge in [0.05, 0.1) is 15.9 Å². The lowest BCUT2D eigenvalue weighted by molar-refractivity contribution is 0.460. The predicted octanol–water partition coefficient (Wildman–Crippen LogP) is 4.68. The minimum Gasteiger partial charge on any atom is -0.438 e. The largest absolute Gasteiger partial charge is 0.438 e. The van der Waals surface area contributed by atoms with Crippen LogP contribution in [0, 0.1) is 6.92 Å². The summed E-state index contributed by atoms with van der Waals surface area (Å²) in [5.74, 6) is 1.27. The van der Waals surface area contributed by atoms with Crippen LogP contribution in [0.15, 0.2) is 53.0 Å². The number of aryl methyl sites for hydroxylation is 1. The summed E-state index contributed by atoms with van der Waals surface area (Å²) in [6.07, 6.45) is 0. The Morgan fingerprint density at radius 3 is 2.65 bits per heavy atom. The molecule has 0 aliphatic carbocycles. The number of nitrogen functional groups attached to an aromatic ring is 1. The Kier molecular flexibility index (Phi) is 3.32. The predicted molar refractivity (Wildman–Crippen MR) is 85.1 cm³/mol. The Morgan fingerprint density at radius 1 is 1.05 bits per heavy atom. The molecule has 0 aliphatic heterocycles. The summed E-state index contributed by atoms with van der Waals surface area (Å²) in [4.78, 5) is 4.32. The molecule has 0 aliphatic rings. The van der Waals surface area contributed by atoms with E-state index in [-0.39, 0.29) is 0 Å². The Morgan fingerprint density at radius 2 is 1.85 bits per heavy atom.